The summed E-state index contributed by atoms with van der Waals surface area (Å²) >= 11 is 6.09. The molecule has 0 saturated heterocycles. The Morgan fingerprint density at radius 2 is 2.20 bits per heavy atom. The lowest BCUT2D eigenvalue weighted by Crippen LogP contribution is -2.08. The molecule has 1 fully saturated rings. The molecule has 4 nitrogen and oxygen atoms in total. The molecule has 1 aliphatic carbocycles. The van der Waals surface area contributed by atoms with E-state index in [1.807, 2.05) is 35.9 Å². The Bertz CT molecular complexity index is 620. The Labute approximate surface area is 123 Å². The summed E-state index contributed by atoms with van der Waals surface area (Å²) in [7, 11) is 0. The first-order valence-electron chi connectivity index (χ1n) is 6.83. The van der Waals surface area contributed by atoms with Crippen LogP contribution in [0.25, 0.3) is 0 Å². The van der Waals surface area contributed by atoms with Crippen molar-refractivity contribution in [2.24, 2.45) is 5.92 Å². The van der Waals surface area contributed by atoms with Crippen LogP contribution in [0.3, 0.4) is 0 Å². The number of nitrogens with zero attached hydrogens (tertiary/aromatic N) is 2. The van der Waals surface area contributed by atoms with Crippen LogP contribution in [0.1, 0.15) is 24.1 Å². The standard InChI is InChI=1S/C15H18ClN3O/c1-10-6-15(17)18-19(10)8-12-7-13(16)4-5-14(12)20-9-11-2-3-11/h4-7,11H,2-3,8-9H2,1H3,(H2,17,18). The van der Waals surface area contributed by atoms with Gasteiger partial charge in [0.2, 0.25) is 0 Å². The van der Waals surface area contributed by atoms with E-state index in [1.54, 1.807) is 0 Å². The molecule has 2 aromatic rings. The van der Waals surface area contributed by atoms with Gasteiger partial charge in [-0.25, -0.2) is 0 Å². The summed E-state index contributed by atoms with van der Waals surface area (Å²) in [6.07, 6.45) is 2.55. The highest BCUT2D eigenvalue weighted by Crippen LogP contribution is 2.31. The van der Waals surface area contributed by atoms with Gasteiger partial charge >= 0.3 is 0 Å². The molecular formula is C15H18ClN3O. The zero-order valence-corrected chi connectivity index (χ0v) is 12.2. The van der Waals surface area contributed by atoms with Gasteiger partial charge in [0.15, 0.2) is 0 Å². The Morgan fingerprint density at radius 1 is 1.40 bits per heavy atom. The molecule has 106 valence electrons. The predicted molar refractivity (Wildman–Crippen MR) is 80.1 cm³/mol. The van der Waals surface area contributed by atoms with Gasteiger partial charge in [-0.1, -0.05) is 11.6 Å². The highest BCUT2D eigenvalue weighted by Gasteiger charge is 2.22. The van der Waals surface area contributed by atoms with E-state index in [-0.39, 0.29) is 0 Å². The van der Waals surface area contributed by atoms with E-state index in [9.17, 15) is 0 Å². The molecule has 3 rings (SSSR count). The number of rotatable bonds is 5. The normalized spacial score (nSPS) is 14.5. The summed E-state index contributed by atoms with van der Waals surface area (Å²) < 4.78 is 7.77. The Morgan fingerprint density at radius 3 is 2.85 bits per heavy atom. The van der Waals surface area contributed by atoms with Gasteiger partial charge < -0.3 is 10.5 Å². The number of nitrogens with two attached hydrogens (primary N) is 1. The van der Waals surface area contributed by atoms with Crippen LogP contribution in [0.2, 0.25) is 5.02 Å². The van der Waals surface area contributed by atoms with E-state index >= 15 is 0 Å². The van der Waals surface area contributed by atoms with Crippen LogP contribution in [-0.4, -0.2) is 16.4 Å². The number of hydrogen-bond donors (Lipinski definition) is 1. The summed E-state index contributed by atoms with van der Waals surface area (Å²) in [4.78, 5) is 0. The summed E-state index contributed by atoms with van der Waals surface area (Å²) in [6.45, 7) is 3.39. The highest BCUT2D eigenvalue weighted by atomic mass is 35.5. The van der Waals surface area contributed by atoms with Crippen LogP contribution < -0.4 is 10.5 Å². The van der Waals surface area contributed by atoms with Crippen molar-refractivity contribution >= 4 is 17.4 Å². The lowest BCUT2D eigenvalue weighted by molar-refractivity contribution is 0.296. The first kappa shape index (κ1) is 13.3. The van der Waals surface area contributed by atoms with Gasteiger partial charge in [-0.15, -0.1) is 0 Å². The third-order valence-corrected chi connectivity index (χ3v) is 3.75. The molecule has 5 heteroatoms. The number of hydrogen-bond acceptors (Lipinski definition) is 3. The van der Waals surface area contributed by atoms with E-state index in [0.29, 0.717) is 17.4 Å². The smallest absolute Gasteiger partial charge is 0.145 e. The number of aromatic nitrogens is 2. The topological polar surface area (TPSA) is 53.1 Å². The van der Waals surface area contributed by atoms with Crippen molar-refractivity contribution < 1.29 is 4.74 Å². The monoisotopic (exact) mass is 291 g/mol. The van der Waals surface area contributed by atoms with Crippen molar-refractivity contribution in [1.82, 2.24) is 9.78 Å². The van der Waals surface area contributed by atoms with Gasteiger partial charge in [0.1, 0.15) is 11.6 Å². The first-order chi connectivity index (χ1) is 9.61. The minimum atomic E-state index is 0.532. The molecule has 1 aliphatic rings. The van der Waals surface area contributed by atoms with Crippen LogP contribution in [0.5, 0.6) is 5.75 Å². The summed E-state index contributed by atoms with van der Waals surface area (Å²) in [6, 6.07) is 7.58. The fourth-order valence-electron chi connectivity index (χ4n) is 2.16. The van der Waals surface area contributed by atoms with Crippen molar-refractivity contribution in [3.05, 3.63) is 40.5 Å². The number of ether oxygens (including phenoxy) is 1. The molecule has 1 aromatic heterocycles. The van der Waals surface area contributed by atoms with Gasteiger partial charge in [-0.05, 0) is 43.9 Å². The zero-order valence-electron chi connectivity index (χ0n) is 11.5. The minimum Gasteiger partial charge on any atom is -0.493 e. The lowest BCUT2D eigenvalue weighted by atomic mass is 10.2. The quantitative estimate of drug-likeness (QED) is 0.920. The highest BCUT2D eigenvalue weighted by molar-refractivity contribution is 6.30. The fourth-order valence-corrected chi connectivity index (χ4v) is 2.36. The van der Waals surface area contributed by atoms with Gasteiger partial charge in [-0.2, -0.15) is 5.10 Å². The van der Waals surface area contributed by atoms with Crippen LogP contribution >= 0.6 is 11.6 Å². The molecule has 0 bridgehead atoms. The second kappa shape index (κ2) is 5.37. The van der Waals surface area contributed by atoms with E-state index in [4.69, 9.17) is 22.1 Å². The molecule has 1 aromatic carbocycles. The second-order valence-corrected chi connectivity index (χ2v) is 5.81. The molecule has 20 heavy (non-hydrogen) atoms. The Balaban J connectivity index is 1.82. The third-order valence-electron chi connectivity index (χ3n) is 3.51. The van der Waals surface area contributed by atoms with Crippen LogP contribution in [0.15, 0.2) is 24.3 Å². The van der Waals surface area contributed by atoms with Crippen LogP contribution in [0, 0.1) is 12.8 Å². The van der Waals surface area contributed by atoms with E-state index in [2.05, 4.69) is 5.10 Å². The third kappa shape index (κ3) is 3.07. The van der Waals surface area contributed by atoms with Crippen molar-refractivity contribution in [2.75, 3.05) is 12.3 Å². The largest absolute Gasteiger partial charge is 0.493 e. The predicted octanol–water partition coefficient (Wildman–Crippen LogP) is 3.26. The fraction of sp³-hybridized carbons (Fsp3) is 0.400. The van der Waals surface area contributed by atoms with E-state index < -0.39 is 0 Å². The van der Waals surface area contributed by atoms with E-state index in [1.165, 1.54) is 12.8 Å². The minimum absolute atomic E-state index is 0.532. The number of benzene rings is 1. The van der Waals surface area contributed by atoms with Crippen molar-refractivity contribution in [3.63, 3.8) is 0 Å². The SMILES string of the molecule is Cc1cc(N)nn1Cc1cc(Cl)ccc1OCC1CC1. The maximum Gasteiger partial charge on any atom is 0.145 e. The first-order valence-corrected chi connectivity index (χ1v) is 7.21. The van der Waals surface area contributed by atoms with Crippen molar-refractivity contribution in [3.8, 4) is 5.75 Å². The molecule has 0 radical (unpaired) electrons. The van der Waals surface area contributed by atoms with E-state index in [0.717, 1.165) is 29.5 Å². The Hall–Kier alpha value is -1.68. The van der Waals surface area contributed by atoms with Gasteiger partial charge in [-0.3, -0.25) is 4.68 Å². The van der Waals surface area contributed by atoms with Gasteiger partial charge in [0, 0.05) is 22.3 Å². The number of nitrogen functional groups attached to an aromatic ring is 1. The van der Waals surface area contributed by atoms with Crippen LogP contribution in [0.4, 0.5) is 5.82 Å². The molecule has 0 unspecified atom stereocenters. The van der Waals surface area contributed by atoms with Crippen LogP contribution in [-0.2, 0) is 6.54 Å². The lowest BCUT2D eigenvalue weighted by Gasteiger charge is -2.12. The summed E-state index contributed by atoms with van der Waals surface area (Å²) in [5, 5.41) is 4.98. The number of aryl methyl sites for hydroxylation is 1. The number of halogens is 1. The molecule has 0 atom stereocenters. The summed E-state index contributed by atoms with van der Waals surface area (Å²) in [5.41, 5.74) is 7.77. The Kier molecular flexibility index (Phi) is 3.57. The molecule has 1 heterocycles. The average molecular weight is 292 g/mol. The molecule has 0 amide bonds. The molecule has 1 saturated carbocycles. The molecule has 0 spiro atoms. The zero-order chi connectivity index (χ0) is 14.1. The molecular weight excluding hydrogens is 274 g/mol. The maximum atomic E-state index is 6.09. The molecule has 2 N–H and O–H groups in total. The summed E-state index contributed by atoms with van der Waals surface area (Å²) in [5.74, 6) is 2.14. The van der Waals surface area contributed by atoms with Crippen molar-refractivity contribution in [1.29, 1.82) is 0 Å². The van der Waals surface area contributed by atoms with Gasteiger partial charge in [0.05, 0.1) is 13.2 Å². The maximum absolute atomic E-state index is 6.09. The van der Waals surface area contributed by atoms with Crippen molar-refractivity contribution in [2.45, 2.75) is 26.3 Å². The molecule has 0 aliphatic heterocycles. The second-order valence-electron chi connectivity index (χ2n) is 5.37. The number of anilines is 1. The van der Waals surface area contributed by atoms with Gasteiger partial charge in [0.25, 0.3) is 0 Å². The average Bonchev–Trinajstić information content (AvgIpc) is 3.15.